The van der Waals surface area contributed by atoms with Crippen LogP contribution < -0.4 is 9.47 Å². The molecule has 0 aliphatic heterocycles. The first-order valence-electron chi connectivity index (χ1n) is 3.97. The van der Waals surface area contributed by atoms with E-state index in [1.54, 1.807) is 13.0 Å². The van der Waals surface area contributed by atoms with E-state index in [4.69, 9.17) is 9.47 Å². The highest BCUT2D eigenvalue weighted by Gasteiger charge is 2.16. The summed E-state index contributed by atoms with van der Waals surface area (Å²) in [6, 6.07) is 2.99. The molecule has 0 aromatic heterocycles. The van der Waals surface area contributed by atoms with Crippen molar-refractivity contribution in [1.82, 2.24) is 0 Å². The zero-order valence-electron chi connectivity index (χ0n) is 8.23. The summed E-state index contributed by atoms with van der Waals surface area (Å²) in [5.41, 5.74) is 0.500. The van der Waals surface area contributed by atoms with Gasteiger partial charge in [-0.2, -0.15) is 0 Å². The first-order valence-corrected chi connectivity index (χ1v) is 3.97. The van der Waals surface area contributed by atoms with Gasteiger partial charge >= 0.3 is 0 Å². The van der Waals surface area contributed by atoms with E-state index in [0.29, 0.717) is 17.1 Å². The Morgan fingerprint density at radius 2 is 1.93 bits per heavy atom. The van der Waals surface area contributed by atoms with Gasteiger partial charge in [0.2, 0.25) is 0 Å². The molecular weight excluding hydrogens is 186 g/mol. The lowest BCUT2D eigenvalue weighted by molar-refractivity contribution is -0.385. The summed E-state index contributed by atoms with van der Waals surface area (Å²) >= 11 is 0. The highest BCUT2D eigenvalue weighted by molar-refractivity contribution is 5.53. The normalized spacial score (nSPS) is 9.64. The monoisotopic (exact) mass is 197 g/mol. The summed E-state index contributed by atoms with van der Waals surface area (Å²) in [6.45, 7) is 1.64. The second kappa shape index (κ2) is 3.95. The molecule has 0 atom stereocenters. The fraction of sp³-hybridized carbons (Fsp3) is 0.333. The molecule has 0 amide bonds. The van der Waals surface area contributed by atoms with Gasteiger partial charge in [0, 0.05) is 6.07 Å². The molecule has 1 aromatic rings. The maximum absolute atomic E-state index is 10.7. The van der Waals surface area contributed by atoms with E-state index in [2.05, 4.69) is 0 Å². The zero-order chi connectivity index (χ0) is 10.7. The van der Waals surface area contributed by atoms with E-state index < -0.39 is 4.92 Å². The molecule has 0 saturated heterocycles. The number of nitro benzene ring substituents is 1. The van der Waals surface area contributed by atoms with Gasteiger partial charge in [-0.3, -0.25) is 10.1 Å². The molecule has 0 heterocycles. The molecule has 14 heavy (non-hydrogen) atoms. The third kappa shape index (κ3) is 1.76. The van der Waals surface area contributed by atoms with Gasteiger partial charge in [0.15, 0.2) is 0 Å². The lowest BCUT2D eigenvalue weighted by Gasteiger charge is -2.07. The SMILES string of the molecule is COc1cc(OC)c(C)c([N+](=O)[O-])c1. The summed E-state index contributed by atoms with van der Waals surface area (Å²) in [7, 11) is 2.92. The Bertz CT molecular complexity index is 362. The van der Waals surface area contributed by atoms with Crippen LogP contribution >= 0.6 is 0 Å². The van der Waals surface area contributed by atoms with E-state index in [0.717, 1.165) is 0 Å². The maximum atomic E-state index is 10.7. The lowest BCUT2D eigenvalue weighted by Crippen LogP contribution is -1.96. The summed E-state index contributed by atoms with van der Waals surface area (Å²) in [5.74, 6) is 0.871. The average Bonchev–Trinajstić information content (AvgIpc) is 2.17. The topological polar surface area (TPSA) is 61.6 Å². The van der Waals surface area contributed by atoms with Crippen LogP contribution in [0.15, 0.2) is 12.1 Å². The average molecular weight is 197 g/mol. The highest BCUT2D eigenvalue weighted by Crippen LogP contribution is 2.32. The summed E-state index contributed by atoms with van der Waals surface area (Å²) in [5, 5.41) is 10.7. The number of rotatable bonds is 3. The van der Waals surface area contributed by atoms with Crippen molar-refractivity contribution in [3.63, 3.8) is 0 Å². The number of nitrogens with zero attached hydrogens (tertiary/aromatic N) is 1. The lowest BCUT2D eigenvalue weighted by atomic mass is 10.1. The van der Waals surface area contributed by atoms with Gasteiger partial charge in [0.25, 0.3) is 5.69 Å². The molecule has 0 fully saturated rings. The molecule has 5 heteroatoms. The molecule has 0 aliphatic carbocycles. The van der Waals surface area contributed by atoms with Crippen molar-refractivity contribution in [2.24, 2.45) is 0 Å². The van der Waals surface area contributed by atoms with Crippen LogP contribution in [0.4, 0.5) is 5.69 Å². The van der Waals surface area contributed by atoms with Crippen molar-refractivity contribution < 1.29 is 14.4 Å². The van der Waals surface area contributed by atoms with Gasteiger partial charge in [0.1, 0.15) is 11.5 Å². The Labute approximate surface area is 81.4 Å². The number of methoxy groups -OCH3 is 2. The maximum Gasteiger partial charge on any atom is 0.279 e. The fourth-order valence-electron chi connectivity index (χ4n) is 1.17. The number of ether oxygens (including phenoxy) is 2. The molecule has 5 nitrogen and oxygen atoms in total. The van der Waals surface area contributed by atoms with Crippen molar-refractivity contribution in [1.29, 1.82) is 0 Å². The second-order valence-electron chi connectivity index (χ2n) is 2.73. The number of hydrogen-bond donors (Lipinski definition) is 0. The largest absolute Gasteiger partial charge is 0.496 e. The van der Waals surface area contributed by atoms with Crippen molar-refractivity contribution in [3.8, 4) is 11.5 Å². The van der Waals surface area contributed by atoms with E-state index in [9.17, 15) is 10.1 Å². The van der Waals surface area contributed by atoms with Crippen LogP contribution in [0.3, 0.4) is 0 Å². The van der Waals surface area contributed by atoms with Gasteiger partial charge in [-0.25, -0.2) is 0 Å². The molecule has 0 bridgehead atoms. The predicted octanol–water partition coefficient (Wildman–Crippen LogP) is 1.92. The van der Waals surface area contributed by atoms with Crippen LogP contribution in [-0.4, -0.2) is 19.1 Å². The van der Waals surface area contributed by atoms with Gasteiger partial charge in [-0.1, -0.05) is 0 Å². The summed E-state index contributed by atoms with van der Waals surface area (Å²) in [4.78, 5) is 10.2. The van der Waals surface area contributed by atoms with E-state index >= 15 is 0 Å². The van der Waals surface area contributed by atoms with Gasteiger partial charge in [-0.15, -0.1) is 0 Å². The van der Waals surface area contributed by atoms with Gasteiger partial charge in [-0.05, 0) is 6.92 Å². The summed E-state index contributed by atoms with van der Waals surface area (Å²) < 4.78 is 9.91. The molecule has 1 rings (SSSR count). The molecule has 0 aliphatic rings. The molecule has 0 unspecified atom stereocenters. The molecular formula is C9H11NO4. The van der Waals surface area contributed by atoms with Crippen molar-refractivity contribution in [2.45, 2.75) is 6.92 Å². The van der Waals surface area contributed by atoms with E-state index in [-0.39, 0.29) is 5.69 Å². The minimum atomic E-state index is -0.458. The van der Waals surface area contributed by atoms with Crippen LogP contribution in [0.5, 0.6) is 11.5 Å². The van der Waals surface area contributed by atoms with Gasteiger partial charge < -0.3 is 9.47 Å². The van der Waals surface area contributed by atoms with E-state index in [1.165, 1.54) is 20.3 Å². The molecule has 1 aromatic carbocycles. The van der Waals surface area contributed by atoms with Crippen LogP contribution in [0.2, 0.25) is 0 Å². The van der Waals surface area contributed by atoms with Crippen LogP contribution in [0.25, 0.3) is 0 Å². The third-order valence-electron chi connectivity index (χ3n) is 1.96. The van der Waals surface area contributed by atoms with Crippen LogP contribution in [0, 0.1) is 17.0 Å². The molecule has 76 valence electrons. The Kier molecular flexibility index (Phi) is 2.91. The minimum Gasteiger partial charge on any atom is -0.496 e. The van der Waals surface area contributed by atoms with Crippen molar-refractivity contribution in [2.75, 3.05) is 14.2 Å². The Morgan fingerprint density at radius 1 is 1.29 bits per heavy atom. The van der Waals surface area contributed by atoms with Crippen LogP contribution in [-0.2, 0) is 0 Å². The van der Waals surface area contributed by atoms with Crippen molar-refractivity contribution in [3.05, 3.63) is 27.8 Å². The Balaban J connectivity index is 3.34. The highest BCUT2D eigenvalue weighted by atomic mass is 16.6. The molecule has 0 radical (unpaired) electrons. The smallest absolute Gasteiger partial charge is 0.279 e. The number of nitro groups is 1. The minimum absolute atomic E-state index is 0.00111. The molecule has 0 saturated carbocycles. The molecule has 0 N–H and O–H groups in total. The number of hydrogen-bond acceptors (Lipinski definition) is 4. The predicted molar refractivity (Wildman–Crippen MR) is 50.9 cm³/mol. The van der Waals surface area contributed by atoms with E-state index in [1.807, 2.05) is 0 Å². The fourth-order valence-corrected chi connectivity index (χ4v) is 1.17. The number of benzene rings is 1. The second-order valence-corrected chi connectivity index (χ2v) is 2.73. The van der Waals surface area contributed by atoms with Crippen LogP contribution in [0.1, 0.15) is 5.56 Å². The van der Waals surface area contributed by atoms with Gasteiger partial charge in [0.05, 0.1) is 30.8 Å². The summed E-state index contributed by atoms with van der Waals surface area (Å²) in [6.07, 6.45) is 0. The van der Waals surface area contributed by atoms with Crippen molar-refractivity contribution >= 4 is 5.69 Å². The first-order chi connectivity index (χ1) is 6.60. The Hall–Kier alpha value is -1.78. The third-order valence-corrected chi connectivity index (χ3v) is 1.96. The Morgan fingerprint density at radius 3 is 2.36 bits per heavy atom. The first kappa shape index (κ1) is 10.3. The zero-order valence-corrected chi connectivity index (χ0v) is 8.23. The quantitative estimate of drug-likeness (QED) is 0.548. The standard InChI is InChI=1S/C9H11NO4/c1-6-8(10(11)12)4-7(13-2)5-9(6)14-3/h4-5H,1-3H3. The molecule has 0 spiro atoms.